The molecule has 0 saturated carbocycles. The van der Waals surface area contributed by atoms with Gasteiger partial charge in [-0.2, -0.15) is 5.10 Å². The fourth-order valence-corrected chi connectivity index (χ4v) is 3.53. The van der Waals surface area contributed by atoms with Gasteiger partial charge in [0.2, 0.25) is 0 Å². The van der Waals surface area contributed by atoms with Crippen molar-refractivity contribution in [3.8, 4) is 16.8 Å². The number of hydrogen-bond donors (Lipinski definition) is 1. The van der Waals surface area contributed by atoms with Crippen LogP contribution in [0.15, 0.2) is 61.2 Å². The molecular formula is C26H29N7O. The van der Waals surface area contributed by atoms with Gasteiger partial charge in [0, 0.05) is 11.8 Å². The average Bonchev–Trinajstić information content (AvgIpc) is 3.33. The van der Waals surface area contributed by atoms with Crippen molar-refractivity contribution >= 4 is 5.91 Å². The Bertz CT molecular complexity index is 1280. The van der Waals surface area contributed by atoms with Gasteiger partial charge in [-0.1, -0.05) is 29.8 Å². The van der Waals surface area contributed by atoms with E-state index in [0.717, 1.165) is 28.3 Å². The number of nitrogens with zero attached hydrogens (tertiary/aromatic N) is 6. The third kappa shape index (κ3) is 5.18. The van der Waals surface area contributed by atoms with E-state index in [1.165, 1.54) is 5.56 Å². The number of amides is 1. The van der Waals surface area contributed by atoms with Crippen molar-refractivity contribution in [3.63, 3.8) is 0 Å². The maximum absolute atomic E-state index is 13.2. The van der Waals surface area contributed by atoms with Crippen LogP contribution in [0.4, 0.5) is 0 Å². The SMILES string of the molecule is Cc1ccc(-c2cc(C(=O)NCc3cnc(C)cn3)cc(-n3ncnc3C(C)N(C)C)c2)cc1. The predicted octanol–water partition coefficient (Wildman–Crippen LogP) is 3.89. The highest BCUT2D eigenvalue weighted by Gasteiger charge is 2.18. The molecule has 2 aromatic heterocycles. The normalized spacial score (nSPS) is 12.1. The van der Waals surface area contributed by atoms with E-state index in [1.54, 1.807) is 23.4 Å². The van der Waals surface area contributed by atoms with Gasteiger partial charge < -0.3 is 5.32 Å². The number of aromatic nitrogens is 5. The van der Waals surface area contributed by atoms with Crippen molar-refractivity contribution in [2.75, 3.05) is 14.1 Å². The van der Waals surface area contributed by atoms with Gasteiger partial charge in [-0.3, -0.25) is 19.7 Å². The maximum atomic E-state index is 13.2. The molecule has 0 radical (unpaired) electrons. The Morgan fingerprint density at radius 1 is 1.00 bits per heavy atom. The molecule has 2 heterocycles. The minimum absolute atomic E-state index is 0.0444. The van der Waals surface area contributed by atoms with Crippen LogP contribution in [0.5, 0.6) is 0 Å². The van der Waals surface area contributed by atoms with Crippen LogP contribution in [0, 0.1) is 13.8 Å². The molecule has 8 nitrogen and oxygen atoms in total. The zero-order chi connectivity index (χ0) is 24.2. The topological polar surface area (TPSA) is 88.8 Å². The maximum Gasteiger partial charge on any atom is 0.251 e. The molecule has 0 aliphatic carbocycles. The van der Waals surface area contributed by atoms with Gasteiger partial charge in [-0.05, 0) is 64.2 Å². The minimum Gasteiger partial charge on any atom is -0.346 e. The number of carbonyl (C=O) groups excluding carboxylic acids is 1. The molecule has 174 valence electrons. The Hall–Kier alpha value is -3.91. The minimum atomic E-state index is -0.195. The quantitative estimate of drug-likeness (QED) is 0.455. The third-order valence-electron chi connectivity index (χ3n) is 5.80. The first-order chi connectivity index (χ1) is 16.3. The first-order valence-corrected chi connectivity index (χ1v) is 11.2. The molecular weight excluding hydrogens is 426 g/mol. The van der Waals surface area contributed by atoms with Crippen molar-refractivity contribution in [1.82, 2.24) is 34.9 Å². The highest BCUT2D eigenvalue weighted by Crippen LogP contribution is 2.27. The van der Waals surface area contributed by atoms with Crippen molar-refractivity contribution in [2.24, 2.45) is 0 Å². The summed E-state index contributed by atoms with van der Waals surface area (Å²) in [5, 5.41) is 7.43. The van der Waals surface area contributed by atoms with Crippen LogP contribution >= 0.6 is 0 Å². The van der Waals surface area contributed by atoms with E-state index in [1.807, 2.05) is 39.2 Å². The molecule has 1 amide bonds. The summed E-state index contributed by atoms with van der Waals surface area (Å²) in [5.74, 6) is 0.604. The van der Waals surface area contributed by atoms with Crippen molar-refractivity contribution < 1.29 is 4.79 Å². The number of hydrogen-bond acceptors (Lipinski definition) is 6. The standard InChI is InChI=1S/C26H29N7O/c1-17-6-8-20(9-7-17)21-10-22(26(34)29-15-23-14-27-18(2)13-28-23)12-24(11-21)33-25(30-16-31-33)19(3)32(4)5/h6-14,16,19H,15H2,1-5H3,(H,29,34). The van der Waals surface area contributed by atoms with Gasteiger partial charge in [-0.15, -0.1) is 0 Å². The molecule has 2 aromatic carbocycles. The van der Waals surface area contributed by atoms with Crippen LogP contribution in [-0.4, -0.2) is 49.6 Å². The third-order valence-corrected chi connectivity index (χ3v) is 5.80. The molecule has 4 aromatic rings. The van der Waals surface area contributed by atoms with E-state index in [9.17, 15) is 4.79 Å². The molecule has 1 atom stereocenters. The Kier molecular flexibility index (Phi) is 6.79. The van der Waals surface area contributed by atoms with E-state index < -0.39 is 0 Å². The molecule has 8 heteroatoms. The molecule has 0 aliphatic heterocycles. The van der Waals surface area contributed by atoms with Crippen LogP contribution in [0.1, 0.15) is 46.1 Å². The van der Waals surface area contributed by atoms with Crippen molar-refractivity contribution in [2.45, 2.75) is 33.4 Å². The first kappa shape index (κ1) is 23.3. The lowest BCUT2D eigenvalue weighted by Gasteiger charge is -2.20. The second-order valence-electron chi connectivity index (χ2n) is 8.64. The van der Waals surface area contributed by atoms with Gasteiger partial charge in [0.05, 0.1) is 35.9 Å². The number of aryl methyl sites for hydroxylation is 2. The summed E-state index contributed by atoms with van der Waals surface area (Å²) in [4.78, 5) is 28.3. The van der Waals surface area contributed by atoms with Crippen LogP contribution in [0.25, 0.3) is 16.8 Å². The Morgan fingerprint density at radius 3 is 2.44 bits per heavy atom. The second kappa shape index (κ2) is 9.93. The van der Waals surface area contributed by atoms with Gasteiger partial charge in [0.15, 0.2) is 0 Å². The second-order valence-corrected chi connectivity index (χ2v) is 8.64. The Labute approximate surface area is 199 Å². The predicted molar refractivity (Wildman–Crippen MR) is 132 cm³/mol. The summed E-state index contributed by atoms with van der Waals surface area (Å²) in [6.07, 6.45) is 4.91. The summed E-state index contributed by atoms with van der Waals surface area (Å²) >= 11 is 0. The largest absolute Gasteiger partial charge is 0.346 e. The zero-order valence-corrected chi connectivity index (χ0v) is 20.1. The van der Waals surface area contributed by atoms with E-state index in [4.69, 9.17) is 0 Å². The Morgan fingerprint density at radius 2 is 1.76 bits per heavy atom. The van der Waals surface area contributed by atoms with E-state index >= 15 is 0 Å². The molecule has 34 heavy (non-hydrogen) atoms. The highest BCUT2D eigenvalue weighted by atomic mass is 16.1. The molecule has 0 saturated heterocycles. The average molecular weight is 456 g/mol. The van der Waals surface area contributed by atoms with E-state index in [0.29, 0.717) is 17.8 Å². The van der Waals surface area contributed by atoms with Crippen LogP contribution in [-0.2, 0) is 6.54 Å². The van der Waals surface area contributed by atoms with E-state index in [2.05, 4.69) is 68.4 Å². The van der Waals surface area contributed by atoms with Gasteiger partial charge in [0.25, 0.3) is 5.91 Å². The van der Waals surface area contributed by atoms with Crippen molar-refractivity contribution in [1.29, 1.82) is 0 Å². The van der Waals surface area contributed by atoms with Crippen LogP contribution in [0.2, 0.25) is 0 Å². The zero-order valence-electron chi connectivity index (χ0n) is 20.1. The van der Waals surface area contributed by atoms with Gasteiger partial charge in [0.1, 0.15) is 12.2 Å². The lowest BCUT2D eigenvalue weighted by molar-refractivity contribution is 0.0950. The Balaban J connectivity index is 1.72. The van der Waals surface area contributed by atoms with Gasteiger partial charge in [-0.25, -0.2) is 9.67 Å². The summed E-state index contributed by atoms with van der Waals surface area (Å²) in [6, 6.07) is 14.1. The lowest BCUT2D eigenvalue weighted by atomic mass is 10.0. The molecule has 0 spiro atoms. The molecule has 1 N–H and O–H groups in total. The van der Waals surface area contributed by atoms with Crippen LogP contribution < -0.4 is 5.32 Å². The highest BCUT2D eigenvalue weighted by molar-refractivity contribution is 5.96. The molecule has 0 bridgehead atoms. The molecule has 1 unspecified atom stereocenters. The molecule has 0 aliphatic rings. The number of carbonyl (C=O) groups is 1. The molecule has 0 fully saturated rings. The smallest absolute Gasteiger partial charge is 0.251 e. The fraction of sp³-hybridized carbons (Fsp3) is 0.269. The number of rotatable bonds is 7. The summed E-state index contributed by atoms with van der Waals surface area (Å²) < 4.78 is 1.80. The summed E-state index contributed by atoms with van der Waals surface area (Å²) in [5.41, 5.74) is 5.97. The fourth-order valence-electron chi connectivity index (χ4n) is 3.53. The summed E-state index contributed by atoms with van der Waals surface area (Å²) in [6.45, 7) is 6.30. The first-order valence-electron chi connectivity index (χ1n) is 11.2. The summed E-state index contributed by atoms with van der Waals surface area (Å²) in [7, 11) is 4.00. The lowest BCUT2D eigenvalue weighted by Crippen LogP contribution is -2.24. The molecule has 4 rings (SSSR count). The number of benzene rings is 2. The monoisotopic (exact) mass is 455 g/mol. The number of nitrogens with one attached hydrogen (secondary N) is 1. The van der Waals surface area contributed by atoms with Crippen LogP contribution in [0.3, 0.4) is 0 Å². The van der Waals surface area contributed by atoms with Gasteiger partial charge >= 0.3 is 0 Å². The van der Waals surface area contributed by atoms with E-state index in [-0.39, 0.29) is 11.9 Å². The van der Waals surface area contributed by atoms with Crippen molar-refractivity contribution in [3.05, 3.63) is 89.5 Å².